The molecule has 2 aliphatic rings. The van der Waals surface area contributed by atoms with E-state index in [-0.39, 0.29) is 37.9 Å². The van der Waals surface area contributed by atoms with Crippen molar-refractivity contribution >= 4 is 17.8 Å². The number of likely N-dealkylation sites (tertiary alicyclic amines) is 2. The van der Waals surface area contributed by atoms with E-state index in [1.807, 2.05) is 25.1 Å². The van der Waals surface area contributed by atoms with Gasteiger partial charge in [-0.25, -0.2) is 0 Å². The molecule has 24 heavy (non-hydrogen) atoms. The molecule has 3 heterocycles. The molecule has 1 aromatic heterocycles. The van der Waals surface area contributed by atoms with Crippen LogP contribution in [-0.2, 0) is 20.8 Å². The summed E-state index contributed by atoms with van der Waals surface area (Å²) in [6.45, 7) is 2.83. The molecule has 7 heteroatoms. The number of hydrogen-bond acceptors (Lipinski definition) is 4. The number of carboxylic acid groups (broad SMARTS) is 1. The molecule has 7 nitrogen and oxygen atoms in total. The number of rotatable bonds is 5. The lowest BCUT2D eigenvalue weighted by molar-refractivity contribution is -0.150. The molecule has 2 fully saturated rings. The number of aliphatic carboxylic acids is 1. The van der Waals surface area contributed by atoms with Gasteiger partial charge in [0.15, 0.2) is 0 Å². The van der Waals surface area contributed by atoms with E-state index < -0.39 is 17.3 Å². The maximum absolute atomic E-state index is 12.5. The Morgan fingerprint density at radius 3 is 2.75 bits per heavy atom. The zero-order valence-corrected chi connectivity index (χ0v) is 13.6. The molecule has 0 saturated carbocycles. The molecule has 2 saturated heterocycles. The van der Waals surface area contributed by atoms with Gasteiger partial charge in [0.25, 0.3) is 0 Å². The van der Waals surface area contributed by atoms with Crippen LogP contribution in [0.3, 0.4) is 0 Å². The van der Waals surface area contributed by atoms with Crippen LogP contribution >= 0.6 is 0 Å². The summed E-state index contributed by atoms with van der Waals surface area (Å²) in [7, 11) is 0. The molecule has 1 N–H and O–H groups in total. The highest BCUT2D eigenvalue weighted by Crippen LogP contribution is 2.43. The minimum Gasteiger partial charge on any atom is -0.481 e. The van der Waals surface area contributed by atoms with Gasteiger partial charge in [0.1, 0.15) is 5.41 Å². The Morgan fingerprint density at radius 1 is 1.38 bits per heavy atom. The van der Waals surface area contributed by atoms with E-state index in [1.165, 1.54) is 4.90 Å². The third kappa shape index (κ3) is 2.64. The summed E-state index contributed by atoms with van der Waals surface area (Å²) in [5, 5.41) is 9.69. The molecule has 0 aromatic carbocycles. The molecule has 0 bridgehead atoms. The molecule has 0 aliphatic carbocycles. The van der Waals surface area contributed by atoms with Crippen LogP contribution < -0.4 is 0 Å². The van der Waals surface area contributed by atoms with E-state index in [0.29, 0.717) is 13.0 Å². The van der Waals surface area contributed by atoms with Crippen molar-refractivity contribution in [3.63, 3.8) is 0 Å². The monoisotopic (exact) mass is 331 g/mol. The largest absolute Gasteiger partial charge is 0.481 e. The number of hydrogen-bond donors (Lipinski definition) is 1. The maximum Gasteiger partial charge on any atom is 0.314 e. The average molecular weight is 331 g/mol. The number of carbonyl (C=O) groups is 3. The van der Waals surface area contributed by atoms with Gasteiger partial charge in [-0.2, -0.15) is 0 Å². The summed E-state index contributed by atoms with van der Waals surface area (Å²) < 4.78 is 0. The number of pyridine rings is 1. The van der Waals surface area contributed by atoms with E-state index >= 15 is 0 Å². The van der Waals surface area contributed by atoms with Crippen molar-refractivity contribution in [2.75, 3.05) is 26.2 Å². The predicted octanol–water partition coefficient (Wildman–Crippen LogP) is 0.406. The SMILES string of the molecule is CCN1C[C@@]2(C(=O)O)CN(C(=O)CCc3ccccn3)C[C@H]2C1=O. The Hall–Kier alpha value is -2.44. The van der Waals surface area contributed by atoms with Gasteiger partial charge >= 0.3 is 5.97 Å². The van der Waals surface area contributed by atoms with Crippen molar-refractivity contribution in [2.24, 2.45) is 11.3 Å². The molecule has 2 amide bonds. The molecular formula is C17H21N3O4. The standard InChI is InChI=1S/C17H21N3O4/c1-2-19-10-17(16(23)24)11-20(9-13(17)15(19)22)14(21)7-6-12-5-3-4-8-18-12/h3-5,8,13H,2,6-7,9-11H2,1H3,(H,23,24)/t13-,17+/m0/s1. The Morgan fingerprint density at radius 2 is 2.17 bits per heavy atom. The summed E-state index contributed by atoms with van der Waals surface area (Å²) in [4.78, 5) is 44.0. The number of aryl methyl sites for hydroxylation is 1. The van der Waals surface area contributed by atoms with Crippen LogP contribution in [-0.4, -0.2) is 63.9 Å². The summed E-state index contributed by atoms with van der Waals surface area (Å²) in [5.41, 5.74) is -0.334. The summed E-state index contributed by atoms with van der Waals surface area (Å²) in [6.07, 6.45) is 2.46. The highest BCUT2D eigenvalue weighted by Gasteiger charge is 2.62. The first kappa shape index (κ1) is 16.4. The van der Waals surface area contributed by atoms with Gasteiger partial charge in [-0.3, -0.25) is 19.4 Å². The predicted molar refractivity (Wildman–Crippen MR) is 85.0 cm³/mol. The lowest BCUT2D eigenvalue weighted by atomic mass is 9.81. The first-order valence-corrected chi connectivity index (χ1v) is 8.18. The summed E-state index contributed by atoms with van der Waals surface area (Å²) in [6, 6.07) is 5.53. The van der Waals surface area contributed by atoms with Crippen molar-refractivity contribution in [1.82, 2.24) is 14.8 Å². The molecule has 1 aromatic rings. The fraction of sp³-hybridized carbons (Fsp3) is 0.529. The minimum absolute atomic E-state index is 0.107. The van der Waals surface area contributed by atoms with Gasteiger partial charge in [-0.15, -0.1) is 0 Å². The van der Waals surface area contributed by atoms with E-state index in [4.69, 9.17) is 0 Å². The third-order valence-electron chi connectivity index (χ3n) is 5.11. The maximum atomic E-state index is 12.5. The van der Waals surface area contributed by atoms with Crippen molar-refractivity contribution in [1.29, 1.82) is 0 Å². The van der Waals surface area contributed by atoms with E-state index in [2.05, 4.69) is 4.98 Å². The van der Waals surface area contributed by atoms with Crippen LogP contribution in [0.2, 0.25) is 0 Å². The van der Waals surface area contributed by atoms with Gasteiger partial charge in [-0.1, -0.05) is 6.07 Å². The van der Waals surface area contributed by atoms with Crippen LogP contribution in [0, 0.1) is 11.3 Å². The highest BCUT2D eigenvalue weighted by molar-refractivity contribution is 5.94. The molecule has 3 rings (SSSR count). The van der Waals surface area contributed by atoms with Crippen molar-refractivity contribution in [2.45, 2.75) is 19.8 Å². The zero-order valence-electron chi connectivity index (χ0n) is 13.6. The Kier molecular flexibility index (Phi) is 4.26. The number of carbonyl (C=O) groups excluding carboxylic acids is 2. The van der Waals surface area contributed by atoms with Crippen LogP contribution in [0.1, 0.15) is 19.0 Å². The van der Waals surface area contributed by atoms with E-state index in [0.717, 1.165) is 5.69 Å². The topological polar surface area (TPSA) is 90.8 Å². The molecule has 128 valence electrons. The molecule has 0 radical (unpaired) electrons. The molecule has 0 spiro atoms. The fourth-order valence-electron chi connectivity index (χ4n) is 3.71. The first-order valence-electron chi connectivity index (χ1n) is 8.18. The molecule has 2 aliphatic heterocycles. The average Bonchev–Trinajstić information content (AvgIpc) is 3.10. The van der Waals surface area contributed by atoms with E-state index in [1.54, 1.807) is 11.1 Å². The van der Waals surface area contributed by atoms with Crippen LogP contribution in [0.25, 0.3) is 0 Å². The van der Waals surface area contributed by atoms with Crippen molar-refractivity contribution < 1.29 is 19.5 Å². The molecule has 0 unspecified atom stereocenters. The van der Waals surface area contributed by atoms with Crippen LogP contribution in [0.5, 0.6) is 0 Å². The van der Waals surface area contributed by atoms with Gasteiger partial charge in [0.2, 0.25) is 11.8 Å². The summed E-state index contributed by atoms with van der Waals surface area (Å²) >= 11 is 0. The smallest absolute Gasteiger partial charge is 0.314 e. The Bertz CT molecular complexity index is 663. The van der Waals surface area contributed by atoms with Crippen molar-refractivity contribution in [3.8, 4) is 0 Å². The van der Waals surface area contributed by atoms with Gasteiger partial charge in [0, 0.05) is 44.5 Å². The Labute approximate surface area is 140 Å². The number of aromatic nitrogens is 1. The number of carboxylic acids is 1. The second kappa shape index (κ2) is 6.22. The van der Waals surface area contributed by atoms with Crippen LogP contribution in [0.15, 0.2) is 24.4 Å². The Balaban J connectivity index is 1.68. The lowest BCUT2D eigenvalue weighted by Gasteiger charge is -2.24. The molecular weight excluding hydrogens is 310 g/mol. The van der Waals surface area contributed by atoms with Gasteiger partial charge in [0.05, 0.1) is 5.92 Å². The second-order valence-corrected chi connectivity index (χ2v) is 6.46. The van der Waals surface area contributed by atoms with Crippen molar-refractivity contribution in [3.05, 3.63) is 30.1 Å². The normalized spacial score (nSPS) is 25.9. The fourth-order valence-corrected chi connectivity index (χ4v) is 3.71. The van der Waals surface area contributed by atoms with E-state index in [9.17, 15) is 19.5 Å². The zero-order chi connectivity index (χ0) is 17.3. The number of fused-ring (bicyclic) bond motifs is 1. The summed E-state index contributed by atoms with van der Waals surface area (Å²) in [5.74, 6) is -1.89. The number of amides is 2. The first-order chi connectivity index (χ1) is 11.5. The third-order valence-corrected chi connectivity index (χ3v) is 5.11. The highest BCUT2D eigenvalue weighted by atomic mass is 16.4. The molecule has 2 atom stereocenters. The minimum atomic E-state index is -1.16. The lowest BCUT2D eigenvalue weighted by Crippen LogP contribution is -2.42. The quantitative estimate of drug-likeness (QED) is 0.844. The van der Waals surface area contributed by atoms with Gasteiger partial charge in [-0.05, 0) is 25.5 Å². The van der Waals surface area contributed by atoms with Gasteiger partial charge < -0.3 is 14.9 Å². The second-order valence-electron chi connectivity index (χ2n) is 6.46. The van der Waals surface area contributed by atoms with Crippen LogP contribution in [0.4, 0.5) is 0 Å². The number of nitrogens with zero attached hydrogens (tertiary/aromatic N) is 3.